The number of anilines is 3. The van der Waals surface area contributed by atoms with Crippen LogP contribution in [0.2, 0.25) is 0 Å². The molecule has 194 valence electrons. The molecule has 2 aromatic rings. The van der Waals surface area contributed by atoms with Gasteiger partial charge in [-0.15, -0.1) is 0 Å². The molecule has 0 atom stereocenters. The van der Waals surface area contributed by atoms with E-state index >= 15 is 0 Å². The van der Waals surface area contributed by atoms with Gasteiger partial charge in [-0.25, -0.2) is 4.79 Å². The van der Waals surface area contributed by atoms with Gasteiger partial charge in [-0.1, -0.05) is 25.1 Å². The zero-order valence-electron chi connectivity index (χ0n) is 21.6. The van der Waals surface area contributed by atoms with Crippen molar-refractivity contribution in [3.63, 3.8) is 0 Å². The van der Waals surface area contributed by atoms with Crippen molar-refractivity contribution in [2.75, 3.05) is 48.3 Å². The summed E-state index contributed by atoms with van der Waals surface area (Å²) >= 11 is 0. The first-order chi connectivity index (χ1) is 17.4. The Morgan fingerprint density at radius 1 is 1.00 bits per heavy atom. The van der Waals surface area contributed by atoms with Crippen LogP contribution in [-0.2, 0) is 14.3 Å². The van der Waals surface area contributed by atoms with Gasteiger partial charge in [-0.3, -0.25) is 9.59 Å². The Bertz CT molecular complexity index is 1020. The van der Waals surface area contributed by atoms with Crippen LogP contribution in [0.25, 0.3) is 0 Å². The van der Waals surface area contributed by atoms with Crippen LogP contribution in [0.1, 0.15) is 45.1 Å². The molecule has 0 aliphatic carbocycles. The number of carbonyl (C=O) groups is 3. The van der Waals surface area contributed by atoms with Gasteiger partial charge < -0.3 is 25.2 Å². The highest BCUT2D eigenvalue weighted by atomic mass is 16.5. The van der Waals surface area contributed by atoms with Gasteiger partial charge in [0.05, 0.1) is 6.61 Å². The fraction of sp³-hybridized carbons (Fsp3) is 0.464. The maximum Gasteiger partial charge on any atom is 0.323 e. The number of nitrogens with one attached hydrogen (secondary N) is 2. The van der Waals surface area contributed by atoms with Crippen molar-refractivity contribution in [1.29, 1.82) is 0 Å². The Morgan fingerprint density at radius 3 is 2.33 bits per heavy atom. The summed E-state index contributed by atoms with van der Waals surface area (Å²) in [6.07, 6.45) is 2.84. The predicted octanol–water partition coefficient (Wildman–Crippen LogP) is 5.05. The minimum atomic E-state index is -0.315. The number of rotatable bonds is 10. The van der Waals surface area contributed by atoms with E-state index in [2.05, 4.69) is 15.5 Å². The second kappa shape index (κ2) is 13.6. The molecule has 3 rings (SSSR count). The molecule has 0 aromatic heterocycles. The lowest BCUT2D eigenvalue weighted by atomic mass is 9.93. The van der Waals surface area contributed by atoms with E-state index in [1.165, 1.54) is 0 Å². The number of aryl methyl sites for hydroxylation is 1. The first-order valence-electron chi connectivity index (χ1n) is 12.8. The first-order valence-corrected chi connectivity index (χ1v) is 12.8. The third-order valence-electron chi connectivity index (χ3n) is 6.54. The van der Waals surface area contributed by atoms with Crippen molar-refractivity contribution in [1.82, 2.24) is 4.90 Å². The molecule has 1 fully saturated rings. The van der Waals surface area contributed by atoms with Crippen LogP contribution in [0, 0.1) is 12.8 Å². The van der Waals surface area contributed by atoms with Crippen LogP contribution in [0.3, 0.4) is 0 Å². The number of benzene rings is 2. The smallest absolute Gasteiger partial charge is 0.323 e. The summed E-state index contributed by atoms with van der Waals surface area (Å²) in [4.78, 5) is 41.0. The second-order valence-electron chi connectivity index (χ2n) is 9.13. The molecule has 0 unspecified atom stereocenters. The van der Waals surface area contributed by atoms with Gasteiger partial charge in [0.1, 0.15) is 0 Å². The Labute approximate surface area is 214 Å². The van der Waals surface area contributed by atoms with Crippen molar-refractivity contribution in [3.05, 3.63) is 54.1 Å². The third kappa shape index (κ3) is 8.09. The van der Waals surface area contributed by atoms with Crippen LogP contribution in [0.4, 0.5) is 21.9 Å². The molecule has 2 N–H and O–H groups in total. The van der Waals surface area contributed by atoms with E-state index in [0.29, 0.717) is 37.6 Å². The Hall–Kier alpha value is -3.39. The average molecular weight is 495 g/mol. The van der Waals surface area contributed by atoms with Crippen molar-refractivity contribution in [3.8, 4) is 0 Å². The highest BCUT2D eigenvalue weighted by Crippen LogP contribution is 2.23. The zero-order valence-corrected chi connectivity index (χ0v) is 21.6. The van der Waals surface area contributed by atoms with Crippen LogP contribution in [0.5, 0.6) is 0 Å². The molecule has 0 bridgehead atoms. The average Bonchev–Trinajstić information content (AvgIpc) is 2.87. The molecule has 2 aromatic carbocycles. The quantitative estimate of drug-likeness (QED) is 0.451. The molecule has 3 amide bonds. The van der Waals surface area contributed by atoms with E-state index < -0.39 is 0 Å². The van der Waals surface area contributed by atoms with Crippen molar-refractivity contribution < 1.29 is 19.1 Å². The lowest BCUT2D eigenvalue weighted by Crippen LogP contribution is -2.42. The second-order valence-corrected chi connectivity index (χ2v) is 9.13. The Kier molecular flexibility index (Phi) is 10.3. The summed E-state index contributed by atoms with van der Waals surface area (Å²) in [6.45, 7) is 9.26. The van der Waals surface area contributed by atoms with Gasteiger partial charge in [-0.2, -0.15) is 0 Å². The van der Waals surface area contributed by atoms with Crippen LogP contribution < -0.4 is 15.5 Å². The summed E-state index contributed by atoms with van der Waals surface area (Å²) in [7, 11) is 0. The normalized spacial score (nSPS) is 14.2. The number of piperidine rings is 1. The molecule has 8 heteroatoms. The number of hydrogen-bond donors (Lipinski definition) is 2. The van der Waals surface area contributed by atoms with Crippen LogP contribution >= 0.6 is 0 Å². The number of likely N-dealkylation sites (tertiary alicyclic amines) is 1. The molecule has 1 saturated heterocycles. The van der Waals surface area contributed by atoms with E-state index in [1.54, 1.807) is 0 Å². The molecule has 1 aliphatic heterocycles. The fourth-order valence-electron chi connectivity index (χ4n) is 4.42. The van der Waals surface area contributed by atoms with Crippen LogP contribution in [-0.4, -0.2) is 55.6 Å². The molecule has 0 spiro atoms. The summed E-state index contributed by atoms with van der Waals surface area (Å²) in [5.74, 6) is 0.322. The molecule has 0 radical (unpaired) electrons. The lowest BCUT2D eigenvalue weighted by Gasteiger charge is -2.33. The number of hydrogen-bond acceptors (Lipinski definition) is 5. The summed E-state index contributed by atoms with van der Waals surface area (Å²) in [5.41, 5.74) is 3.21. The Balaban J connectivity index is 1.52. The van der Waals surface area contributed by atoms with Gasteiger partial charge in [0.15, 0.2) is 0 Å². The van der Waals surface area contributed by atoms with E-state index in [1.807, 2.05) is 74.2 Å². The number of amides is 3. The largest absolute Gasteiger partial charge is 0.466 e. The first kappa shape index (κ1) is 27.2. The Morgan fingerprint density at radius 2 is 1.69 bits per heavy atom. The van der Waals surface area contributed by atoms with E-state index in [-0.39, 0.29) is 17.9 Å². The molecular formula is C28H38N4O4. The van der Waals surface area contributed by atoms with Crippen LogP contribution in [0.15, 0.2) is 48.5 Å². The van der Waals surface area contributed by atoms with Gasteiger partial charge in [0.2, 0.25) is 5.91 Å². The maximum atomic E-state index is 12.7. The van der Waals surface area contributed by atoms with Crippen molar-refractivity contribution in [2.45, 2.75) is 46.5 Å². The zero-order chi connectivity index (χ0) is 25.9. The molecule has 1 aliphatic rings. The monoisotopic (exact) mass is 494 g/mol. The number of urea groups is 1. The van der Waals surface area contributed by atoms with Gasteiger partial charge >= 0.3 is 12.0 Å². The van der Waals surface area contributed by atoms with E-state index in [0.717, 1.165) is 49.4 Å². The number of ether oxygens (including phenoxy) is 1. The predicted molar refractivity (Wildman–Crippen MR) is 143 cm³/mol. The highest BCUT2D eigenvalue weighted by Gasteiger charge is 2.23. The van der Waals surface area contributed by atoms with Gasteiger partial charge in [0.25, 0.3) is 0 Å². The summed E-state index contributed by atoms with van der Waals surface area (Å²) in [6, 6.07) is 14.6. The van der Waals surface area contributed by atoms with Gasteiger partial charge in [-0.05, 0) is 81.6 Å². The fourth-order valence-corrected chi connectivity index (χ4v) is 4.42. The maximum absolute atomic E-state index is 12.7. The molecule has 1 heterocycles. The molecular weight excluding hydrogens is 456 g/mol. The summed E-state index contributed by atoms with van der Waals surface area (Å²) < 4.78 is 5.08. The number of carbonyl (C=O) groups excluding carboxylic acids is 3. The number of esters is 1. The topological polar surface area (TPSA) is 91.0 Å². The van der Waals surface area contributed by atoms with Gasteiger partial charge in [0, 0.05) is 43.0 Å². The number of para-hydroxylation sites is 1. The van der Waals surface area contributed by atoms with Crippen molar-refractivity contribution in [2.24, 2.45) is 5.92 Å². The van der Waals surface area contributed by atoms with Crippen molar-refractivity contribution >= 4 is 35.0 Å². The molecule has 36 heavy (non-hydrogen) atoms. The SMILES string of the molecule is CCOC(=O)CC1CCN(CCN(C(=O)CC)c2ccc(NC(=O)Nc3ccccc3C)cc2)CC1. The van der Waals surface area contributed by atoms with E-state index in [9.17, 15) is 14.4 Å². The third-order valence-corrected chi connectivity index (χ3v) is 6.54. The minimum absolute atomic E-state index is 0.0604. The summed E-state index contributed by atoms with van der Waals surface area (Å²) in [5, 5.41) is 5.70. The standard InChI is InChI=1S/C28H38N4O4/c1-4-26(33)32(19-18-31-16-14-22(15-17-31)20-27(34)36-5-2)24-12-10-23(11-13-24)29-28(35)30-25-9-7-6-8-21(25)3/h6-13,22H,4-5,14-20H2,1-3H3,(H2,29,30,35). The molecule has 0 saturated carbocycles. The number of nitrogens with zero attached hydrogens (tertiary/aromatic N) is 2. The van der Waals surface area contributed by atoms with E-state index in [4.69, 9.17) is 4.74 Å². The lowest BCUT2D eigenvalue weighted by molar-refractivity contribution is -0.144. The molecule has 8 nitrogen and oxygen atoms in total. The minimum Gasteiger partial charge on any atom is -0.466 e. The highest BCUT2D eigenvalue weighted by molar-refractivity contribution is 6.00.